The van der Waals surface area contributed by atoms with Crippen molar-refractivity contribution in [2.24, 2.45) is 5.73 Å². The van der Waals surface area contributed by atoms with Gasteiger partial charge >= 0.3 is 0 Å². The first kappa shape index (κ1) is 13.2. The average Bonchev–Trinajstić information content (AvgIpc) is 2.79. The van der Waals surface area contributed by atoms with Crippen LogP contribution >= 0.6 is 0 Å². The molecule has 1 aromatic heterocycles. The molecule has 2 atom stereocenters. The van der Waals surface area contributed by atoms with Crippen molar-refractivity contribution in [2.75, 3.05) is 0 Å². The smallest absolute Gasteiger partial charge is 0.134 e. The third-order valence-corrected chi connectivity index (χ3v) is 3.59. The van der Waals surface area contributed by atoms with Crippen LogP contribution in [-0.2, 0) is 0 Å². The maximum atomic E-state index is 6.15. The van der Waals surface area contributed by atoms with Gasteiger partial charge in [0.05, 0.1) is 0 Å². The second kappa shape index (κ2) is 6.05. The molecule has 0 aliphatic rings. The summed E-state index contributed by atoms with van der Waals surface area (Å²) < 4.78 is 5.94. The Hall–Kier alpha value is -1.28. The Morgan fingerprint density at radius 1 is 1.22 bits per heavy atom. The first-order valence-electron chi connectivity index (χ1n) is 6.98. The zero-order chi connectivity index (χ0) is 13.0. The summed E-state index contributed by atoms with van der Waals surface area (Å²) in [5.41, 5.74) is 7.13. The Labute approximate surface area is 109 Å². The summed E-state index contributed by atoms with van der Waals surface area (Å²) in [5, 5.41) is 1.19. The molecule has 0 fully saturated rings. The van der Waals surface area contributed by atoms with E-state index in [1.165, 1.54) is 5.39 Å². The molecule has 0 bridgehead atoms. The van der Waals surface area contributed by atoms with Crippen LogP contribution in [-0.4, -0.2) is 6.04 Å². The van der Waals surface area contributed by atoms with E-state index < -0.39 is 0 Å². The van der Waals surface area contributed by atoms with Crippen LogP contribution in [0.4, 0.5) is 0 Å². The molecule has 0 aliphatic heterocycles. The second-order valence-electron chi connectivity index (χ2n) is 5.08. The van der Waals surface area contributed by atoms with Crippen LogP contribution in [0.2, 0.25) is 0 Å². The Bertz CT molecular complexity index is 456. The fourth-order valence-corrected chi connectivity index (χ4v) is 2.54. The molecule has 1 unspecified atom stereocenters. The van der Waals surface area contributed by atoms with Gasteiger partial charge in [-0.05, 0) is 31.4 Å². The van der Waals surface area contributed by atoms with Crippen molar-refractivity contribution in [1.82, 2.24) is 0 Å². The summed E-state index contributed by atoms with van der Waals surface area (Å²) in [6.45, 7) is 4.39. The largest absolute Gasteiger partial charge is 0.461 e. The number of rotatable bonds is 6. The Morgan fingerprint density at radius 2 is 2.00 bits per heavy atom. The molecule has 2 aromatic rings. The molecule has 0 saturated heterocycles. The molecular formula is C16H23NO. The minimum Gasteiger partial charge on any atom is -0.461 e. The van der Waals surface area contributed by atoms with Crippen molar-refractivity contribution in [1.29, 1.82) is 0 Å². The van der Waals surface area contributed by atoms with E-state index in [-0.39, 0.29) is 6.04 Å². The number of hydrogen-bond donors (Lipinski definition) is 1. The molecule has 2 N–H and O–H groups in total. The first-order chi connectivity index (χ1) is 8.74. The quantitative estimate of drug-likeness (QED) is 0.817. The van der Waals surface area contributed by atoms with Crippen molar-refractivity contribution in [3.8, 4) is 0 Å². The van der Waals surface area contributed by atoms with Crippen molar-refractivity contribution in [3.05, 3.63) is 36.1 Å². The van der Waals surface area contributed by atoms with Crippen LogP contribution in [0, 0.1) is 0 Å². The lowest BCUT2D eigenvalue weighted by atomic mass is 9.93. The normalized spacial score (nSPS) is 14.8. The molecule has 98 valence electrons. The van der Waals surface area contributed by atoms with Crippen LogP contribution in [0.1, 0.15) is 51.2 Å². The number of furan rings is 1. The van der Waals surface area contributed by atoms with E-state index in [1.807, 2.05) is 18.2 Å². The van der Waals surface area contributed by atoms with E-state index in [0.29, 0.717) is 5.92 Å². The molecule has 1 aromatic carbocycles. The number of para-hydroxylation sites is 1. The third kappa shape index (κ3) is 2.94. The minimum atomic E-state index is 0.285. The fourth-order valence-electron chi connectivity index (χ4n) is 2.54. The molecule has 2 heteroatoms. The van der Waals surface area contributed by atoms with Crippen LogP contribution in [0.15, 0.2) is 34.7 Å². The maximum absolute atomic E-state index is 6.15. The Balaban J connectivity index is 2.16. The van der Waals surface area contributed by atoms with Crippen LogP contribution in [0.3, 0.4) is 0 Å². The van der Waals surface area contributed by atoms with Crippen molar-refractivity contribution >= 4 is 11.0 Å². The van der Waals surface area contributed by atoms with Gasteiger partial charge < -0.3 is 10.2 Å². The summed E-state index contributed by atoms with van der Waals surface area (Å²) in [5.74, 6) is 1.53. The molecule has 1 heterocycles. The van der Waals surface area contributed by atoms with E-state index in [1.54, 1.807) is 0 Å². The molecule has 18 heavy (non-hydrogen) atoms. The van der Waals surface area contributed by atoms with Crippen LogP contribution < -0.4 is 5.73 Å². The number of benzene rings is 1. The van der Waals surface area contributed by atoms with E-state index in [4.69, 9.17) is 10.2 Å². The molecule has 2 nitrogen and oxygen atoms in total. The van der Waals surface area contributed by atoms with Gasteiger partial charge in [-0.3, -0.25) is 0 Å². The van der Waals surface area contributed by atoms with Gasteiger partial charge in [-0.15, -0.1) is 0 Å². The average molecular weight is 245 g/mol. The van der Waals surface area contributed by atoms with Crippen LogP contribution in [0.5, 0.6) is 0 Å². The molecule has 0 spiro atoms. The topological polar surface area (TPSA) is 39.2 Å². The second-order valence-corrected chi connectivity index (χ2v) is 5.08. The molecule has 0 aliphatic carbocycles. The van der Waals surface area contributed by atoms with Gasteiger partial charge in [0.1, 0.15) is 11.3 Å². The number of nitrogens with two attached hydrogens (primary N) is 1. The van der Waals surface area contributed by atoms with Gasteiger partial charge in [0.15, 0.2) is 0 Å². The SMILES string of the molecule is CCC[C@@H](N)CC(CC)c1cc2ccccc2o1. The first-order valence-corrected chi connectivity index (χ1v) is 6.98. The molecule has 0 saturated carbocycles. The zero-order valence-electron chi connectivity index (χ0n) is 11.4. The lowest BCUT2D eigenvalue weighted by Crippen LogP contribution is -2.22. The van der Waals surface area contributed by atoms with Crippen molar-refractivity contribution in [3.63, 3.8) is 0 Å². The molecule has 0 amide bonds. The summed E-state index contributed by atoms with van der Waals surface area (Å²) in [7, 11) is 0. The molecule has 2 rings (SSSR count). The number of hydrogen-bond acceptors (Lipinski definition) is 2. The standard InChI is InChI=1S/C16H23NO/c1-3-7-14(17)10-12(4-2)16-11-13-8-5-6-9-15(13)18-16/h5-6,8-9,11-12,14H,3-4,7,10,17H2,1-2H3/t12?,14-/m1/s1. The molecule has 0 radical (unpaired) electrons. The van der Waals surface area contributed by atoms with Gasteiger partial charge in [-0.1, -0.05) is 38.5 Å². The molecular weight excluding hydrogens is 222 g/mol. The van der Waals surface area contributed by atoms with Gasteiger partial charge in [0.25, 0.3) is 0 Å². The van der Waals surface area contributed by atoms with E-state index >= 15 is 0 Å². The monoisotopic (exact) mass is 245 g/mol. The Morgan fingerprint density at radius 3 is 2.67 bits per heavy atom. The van der Waals surface area contributed by atoms with Crippen molar-refractivity contribution < 1.29 is 4.42 Å². The van der Waals surface area contributed by atoms with Gasteiger partial charge in [0.2, 0.25) is 0 Å². The summed E-state index contributed by atoms with van der Waals surface area (Å²) in [4.78, 5) is 0. The predicted octanol–water partition coefficient (Wildman–Crippen LogP) is 4.44. The number of fused-ring (bicyclic) bond motifs is 1. The van der Waals surface area contributed by atoms with Gasteiger partial charge in [-0.2, -0.15) is 0 Å². The zero-order valence-corrected chi connectivity index (χ0v) is 11.4. The van der Waals surface area contributed by atoms with E-state index in [9.17, 15) is 0 Å². The van der Waals surface area contributed by atoms with E-state index in [2.05, 4.69) is 26.0 Å². The van der Waals surface area contributed by atoms with Gasteiger partial charge in [-0.25, -0.2) is 0 Å². The maximum Gasteiger partial charge on any atom is 0.134 e. The highest BCUT2D eigenvalue weighted by Crippen LogP contribution is 2.30. The lowest BCUT2D eigenvalue weighted by molar-refractivity contribution is 0.420. The summed E-state index contributed by atoms with van der Waals surface area (Å²) >= 11 is 0. The van der Waals surface area contributed by atoms with Crippen molar-refractivity contribution in [2.45, 2.75) is 51.5 Å². The van der Waals surface area contributed by atoms with Crippen LogP contribution in [0.25, 0.3) is 11.0 Å². The van der Waals surface area contributed by atoms with Gasteiger partial charge in [0, 0.05) is 17.3 Å². The minimum absolute atomic E-state index is 0.285. The fraction of sp³-hybridized carbons (Fsp3) is 0.500. The highest BCUT2D eigenvalue weighted by molar-refractivity contribution is 5.77. The predicted molar refractivity (Wildman–Crippen MR) is 76.7 cm³/mol. The summed E-state index contributed by atoms with van der Waals surface area (Å²) in [6.07, 6.45) is 4.34. The third-order valence-electron chi connectivity index (χ3n) is 3.59. The summed E-state index contributed by atoms with van der Waals surface area (Å²) in [6, 6.07) is 10.6. The highest BCUT2D eigenvalue weighted by atomic mass is 16.3. The lowest BCUT2D eigenvalue weighted by Gasteiger charge is -2.17. The Kier molecular flexibility index (Phi) is 4.43. The highest BCUT2D eigenvalue weighted by Gasteiger charge is 2.17. The van der Waals surface area contributed by atoms with E-state index in [0.717, 1.165) is 37.0 Å².